The zero-order chi connectivity index (χ0) is 15.7. The van der Waals surface area contributed by atoms with Crippen LogP contribution in [0.15, 0.2) is 41.5 Å². The summed E-state index contributed by atoms with van der Waals surface area (Å²) in [6, 6.07) is 8.11. The van der Waals surface area contributed by atoms with Gasteiger partial charge in [0.2, 0.25) is 5.91 Å². The van der Waals surface area contributed by atoms with E-state index in [-0.39, 0.29) is 24.1 Å². The lowest BCUT2D eigenvalue weighted by atomic mass is 9.96. The van der Waals surface area contributed by atoms with Gasteiger partial charge in [-0.1, -0.05) is 18.2 Å². The molecular weight excluding hydrogens is 278 g/mol. The average molecular weight is 297 g/mol. The minimum atomic E-state index is -0.214. The van der Waals surface area contributed by atoms with Crippen LogP contribution in [-0.2, 0) is 17.8 Å². The summed E-state index contributed by atoms with van der Waals surface area (Å²) >= 11 is 0. The number of para-hydroxylation sites is 1. The van der Waals surface area contributed by atoms with Crippen molar-refractivity contribution >= 4 is 11.6 Å². The van der Waals surface area contributed by atoms with Gasteiger partial charge < -0.3 is 9.47 Å². The molecule has 2 heterocycles. The van der Waals surface area contributed by atoms with Crippen molar-refractivity contribution in [1.29, 1.82) is 0 Å². The second-order valence-corrected chi connectivity index (χ2v) is 5.73. The van der Waals surface area contributed by atoms with E-state index in [1.54, 1.807) is 19.3 Å². The Bertz CT molecular complexity index is 766. The van der Waals surface area contributed by atoms with E-state index in [4.69, 9.17) is 0 Å². The summed E-state index contributed by atoms with van der Waals surface area (Å²) in [6.07, 6.45) is 5.04. The third-order valence-corrected chi connectivity index (χ3v) is 4.18. The van der Waals surface area contributed by atoms with E-state index in [1.165, 1.54) is 10.1 Å². The Morgan fingerprint density at radius 1 is 1.36 bits per heavy atom. The van der Waals surface area contributed by atoms with Crippen LogP contribution < -0.4 is 10.5 Å². The van der Waals surface area contributed by atoms with Crippen LogP contribution in [0.3, 0.4) is 0 Å². The molecule has 0 bridgehead atoms. The highest BCUT2D eigenvalue weighted by Gasteiger charge is 2.28. The number of anilines is 1. The maximum absolute atomic E-state index is 12.7. The fourth-order valence-corrected chi connectivity index (χ4v) is 2.97. The molecule has 114 valence electrons. The van der Waals surface area contributed by atoms with E-state index in [9.17, 15) is 9.59 Å². The fraction of sp³-hybridized carbons (Fsp3) is 0.353. The predicted octanol–water partition coefficient (Wildman–Crippen LogP) is 1.92. The number of aromatic nitrogens is 2. The Balaban J connectivity index is 1.92. The molecule has 1 atom stereocenters. The van der Waals surface area contributed by atoms with Gasteiger partial charge in [-0.15, -0.1) is 0 Å². The van der Waals surface area contributed by atoms with Crippen molar-refractivity contribution in [3.05, 3.63) is 58.3 Å². The second kappa shape index (κ2) is 5.75. The highest BCUT2D eigenvalue weighted by molar-refractivity contribution is 5.95. The minimum Gasteiger partial charge on any atom is -0.308 e. The summed E-state index contributed by atoms with van der Waals surface area (Å²) in [4.78, 5) is 30.6. The lowest BCUT2D eigenvalue weighted by Gasteiger charge is -2.35. The smallest absolute Gasteiger partial charge is 0.272 e. The van der Waals surface area contributed by atoms with Gasteiger partial charge in [-0.2, -0.15) is 0 Å². The van der Waals surface area contributed by atoms with E-state index in [1.807, 2.05) is 23.1 Å². The topological polar surface area (TPSA) is 55.2 Å². The minimum absolute atomic E-state index is 0.0425. The third kappa shape index (κ3) is 2.54. The van der Waals surface area contributed by atoms with Gasteiger partial charge in [0.15, 0.2) is 0 Å². The maximum atomic E-state index is 12.7. The van der Waals surface area contributed by atoms with E-state index < -0.39 is 0 Å². The summed E-state index contributed by atoms with van der Waals surface area (Å²) in [5.41, 5.74) is 2.34. The number of carbonyl (C=O) groups is 1. The lowest BCUT2D eigenvalue weighted by molar-refractivity contribution is -0.119. The number of nitrogens with zero attached hydrogens (tertiary/aromatic N) is 3. The summed E-state index contributed by atoms with van der Waals surface area (Å²) < 4.78 is 1.43. The van der Waals surface area contributed by atoms with Crippen LogP contribution in [0.25, 0.3) is 0 Å². The molecule has 0 aliphatic carbocycles. The van der Waals surface area contributed by atoms with Crippen molar-refractivity contribution in [2.45, 2.75) is 39.3 Å². The first-order chi connectivity index (χ1) is 10.6. The quantitative estimate of drug-likeness (QED) is 0.851. The average Bonchev–Trinajstić information content (AvgIpc) is 2.51. The monoisotopic (exact) mass is 297 g/mol. The Hall–Kier alpha value is -2.43. The van der Waals surface area contributed by atoms with Crippen LogP contribution in [-0.4, -0.2) is 21.5 Å². The summed E-state index contributed by atoms with van der Waals surface area (Å²) in [6.45, 7) is 3.75. The molecule has 0 N–H and O–H groups in total. The van der Waals surface area contributed by atoms with Gasteiger partial charge in [-0.3, -0.25) is 14.6 Å². The number of hydrogen-bond acceptors (Lipinski definition) is 3. The van der Waals surface area contributed by atoms with Crippen molar-refractivity contribution in [2.24, 2.45) is 0 Å². The van der Waals surface area contributed by atoms with Gasteiger partial charge in [-0.05, 0) is 38.3 Å². The Morgan fingerprint density at radius 3 is 2.95 bits per heavy atom. The molecule has 22 heavy (non-hydrogen) atoms. The van der Waals surface area contributed by atoms with Crippen molar-refractivity contribution in [1.82, 2.24) is 9.55 Å². The molecule has 0 radical (unpaired) electrons. The van der Waals surface area contributed by atoms with Gasteiger partial charge in [0, 0.05) is 24.1 Å². The second-order valence-electron chi connectivity index (χ2n) is 5.73. The fourth-order valence-electron chi connectivity index (χ4n) is 2.97. The zero-order valence-corrected chi connectivity index (χ0v) is 12.8. The van der Waals surface area contributed by atoms with Crippen LogP contribution in [0.5, 0.6) is 0 Å². The molecule has 2 aromatic rings. The van der Waals surface area contributed by atoms with Crippen molar-refractivity contribution in [3.8, 4) is 0 Å². The summed E-state index contributed by atoms with van der Waals surface area (Å²) in [5.74, 6) is -0.0626. The molecule has 0 saturated heterocycles. The molecule has 0 spiro atoms. The molecule has 1 aromatic carbocycles. The standard InChI is InChI=1S/C17H19N3O2/c1-12-7-8-14-5-3-4-6-15(14)20(12)16(21)11-19-10-9-18-13(2)17(19)22/h3-6,9-10,12H,7-8,11H2,1-2H3. The van der Waals surface area contributed by atoms with E-state index in [0.29, 0.717) is 5.69 Å². The Kier molecular flexibility index (Phi) is 3.79. The normalized spacial score (nSPS) is 17.2. The van der Waals surface area contributed by atoms with Gasteiger partial charge >= 0.3 is 0 Å². The van der Waals surface area contributed by atoms with Crippen molar-refractivity contribution < 1.29 is 4.79 Å². The molecule has 0 fully saturated rings. The number of carbonyl (C=O) groups excluding carboxylic acids is 1. The molecule has 3 rings (SSSR count). The highest BCUT2D eigenvalue weighted by atomic mass is 16.2. The number of rotatable bonds is 2. The van der Waals surface area contributed by atoms with E-state index in [2.05, 4.69) is 18.0 Å². The SMILES string of the molecule is Cc1nccn(CC(=O)N2c3ccccc3CCC2C)c1=O. The molecule has 5 heteroatoms. The number of amides is 1. The molecule has 1 amide bonds. The first-order valence-corrected chi connectivity index (χ1v) is 7.50. The van der Waals surface area contributed by atoms with E-state index in [0.717, 1.165) is 18.5 Å². The molecule has 1 aliphatic rings. The third-order valence-electron chi connectivity index (χ3n) is 4.18. The van der Waals surface area contributed by atoms with Crippen LogP contribution in [0.4, 0.5) is 5.69 Å². The van der Waals surface area contributed by atoms with Crippen LogP contribution in [0.1, 0.15) is 24.6 Å². The molecule has 5 nitrogen and oxygen atoms in total. The van der Waals surface area contributed by atoms with Gasteiger partial charge in [0.25, 0.3) is 5.56 Å². The van der Waals surface area contributed by atoms with Crippen LogP contribution in [0, 0.1) is 6.92 Å². The van der Waals surface area contributed by atoms with E-state index >= 15 is 0 Å². The summed E-state index contributed by atoms with van der Waals surface area (Å²) in [7, 11) is 0. The molecule has 1 unspecified atom stereocenters. The first kappa shape index (κ1) is 14.5. The van der Waals surface area contributed by atoms with Gasteiger partial charge in [0.05, 0.1) is 0 Å². The van der Waals surface area contributed by atoms with Crippen molar-refractivity contribution in [3.63, 3.8) is 0 Å². The molecular formula is C17H19N3O2. The highest BCUT2D eigenvalue weighted by Crippen LogP contribution is 2.30. The van der Waals surface area contributed by atoms with Crippen LogP contribution in [0.2, 0.25) is 0 Å². The Morgan fingerprint density at radius 2 is 2.14 bits per heavy atom. The first-order valence-electron chi connectivity index (χ1n) is 7.50. The maximum Gasteiger partial charge on any atom is 0.272 e. The van der Waals surface area contributed by atoms with Gasteiger partial charge in [0.1, 0.15) is 12.2 Å². The number of benzene rings is 1. The largest absolute Gasteiger partial charge is 0.308 e. The summed E-state index contributed by atoms with van der Waals surface area (Å²) in [5, 5.41) is 0. The molecule has 1 aromatic heterocycles. The zero-order valence-electron chi connectivity index (χ0n) is 12.8. The predicted molar refractivity (Wildman–Crippen MR) is 84.9 cm³/mol. The molecule has 0 saturated carbocycles. The number of aryl methyl sites for hydroxylation is 2. The lowest BCUT2D eigenvalue weighted by Crippen LogP contribution is -2.45. The van der Waals surface area contributed by atoms with Crippen molar-refractivity contribution in [2.75, 3.05) is 4.90 Å². The van der Waals surface area contributed by atoms with Gasteiger partial charge in [-0.25, -0.2) is 0 Å². The molecule has 1 aliphatic heterocycles. The number of hydrogen-bond donors (Lipinski definition) is 0. The van der Waals surface area contributed by atoms with Crippen LogP contribution >= 0.6 is 0 Å². The Labute approximate surface area is 129 Å². The number of fused-ring (bicyclic) bond motifs is 1.